The first-order chi connectivity index (χ1) is 12.1. The lowest BCUT2D eigenvalue weighted by molar-refractivity contribution is 0.0794. The van der Waals surface area contributed by atoms with Crippen LogP contribution in [-0.4, -0.2) is 34.4 Å². The van der Waals surface area contributed by atoms with Gasteiger partial charge in [-0.15, -0.1) is 0 Å². The number of aromatic nitrogens is 2. The molecule has 1 aromatic carbocycles. The van der Waals surface area contributed by atoms with Crippen molar-refractivity contribution in [2.45, 2.75) is 12.3 Å². The van der Waals surface area contributed by atoms with Gasteiger partial charge in [0.15, 0.2) is 0 Å². The summed E-state index contributed by atoms with van der Waals surface area (Å²) in [6.45, 7) is 0.721. The van der Waals surface area contributed by atoms with E-state index in [1.807, 2.05) is 43.4 Å². The molecular formula is C20H18ClN3O. The van der Waals surface area contributed by atoms with Crippen molar-refractivity contribution in [2.75, 3.05) is 13.6 Å². The Hall–Kier alpha value is -2.59. The fraction of sp³-hybridized carbons (Fsp3) is 0.200. The molecule has 126 valence electrons. The number of halogens is 1. The zero-order valence-electron chi connectivity index (χ0n) is 13.9. The average Bonchev–Trinajstić information content (AvgIpc) is 3.04. The van der Waals surface area contributed by atoms with E-state index in [0.717, 1.165) is 34.8 Å². The van der Waals surface area contributed by atoms with Gasteiger partial charge in [-0.05, 0) is 47.9 Å². The number of nitrogens with one attached hydrogen (secondary N) is 1. The van der Waals surface area contributed by atoms with Crippen LogP contribution in [0.1, 0.15) is 34.0 Å². The molecule has 1 unspecified atom stereocenters. The van der Waals surface area contributed by atoms with Gasteiger partial charge in [0, 0.05) is 48.2 Å². The third-order valence-corrected chi connectivity index (χ3v) is 5.05. The van der Waals surface area contributed by atoms with Gasteiger partial charge in [0.05, 0.1) is 0 Å². The van der Waals surface area contributed by atoms with Gasteiger partial charge in [-0.2, -0.15) is 0 Å². The largest absolute Gasteiger partial charge is 0.350 e. The number of rotatable bonds is 2. The van der Waals surface area contributed by atoms with E-state index < -0.39 is 0 Å². The van der Waals surface area contributed by atoms with Crippen molar-refractivity contribution in [2.24, 2.45) is 0 Å². The van der Waals surface area contributed by atoms with Crippen molar-refractivity contribution in [3.63, 3.8) is 0 Å². The molecule has 1 amide bonds. The Kier molecular flexibility index (Phi) is 4.06. The van der Waals surface area contributed by atoms with Gasteiger partial charge in [-0.25, -0.2) is 0 Å². The average molecular weight is 352 g/mol. The number of fused-ring (bicyclic) bond motifs is 1. The minimum Gasteiger partial charge on any atom is -0.350 e. The van der Waals surface area contributed by atoms with Crippen LogP contribution in [0.4, 0.5) is 0 Å². The van der Waals surface area contributed by atoms with E-state index in [0.29, 0.717) is 5.69 Å². The lowest BCUT2D eigenvalue weighted by atomic mass is 9.89. The maximum atomic E-state index is 12.8. The van der Waals surface area contributed by atoms with Crippen molar-refractivity contribution >= 4 is 17.5 Å². The summed E-state index contributed by atoms with van der Waals surface area (Å²) in [7, 11) is 1.85. The molecule has 5 heteroatoms. The van der Waals surface area contributed by atoms with Crippen LogP contribution < -0.4 is 0 Å². The van der Waals surface area contributed by atoms with Crippen molar-refractivity contribution in [3.8, 4) is 11.3 Å². The molecule has 0 radical (unpaired) electrons. The van der Waals surface area contributed by atoms with Crippen LogP contribution in [0.3, 0.4) is 0 Å². The number of hydrogen-bond acceptors (Lipinski definition) is 2. The van der Waals surface area contributed by atoms with Crippen molar-refractivity contribution in [3.05, 3.63) is 76.7 Å². The Bertz CT molecular complexity index is 902. The molecule has 1 aliphatic heterocycles. The van der Waals surface area contributed by atoms with Gasteiger partial charge in [0.25, 0.3) is 5.91 Å². The summed E-state index contributed by atoms with van der Waals surface area (Å²) in [5.74, 6) is 0.194. The van der Waals surface area contributed by atoms with Crippen LogP contribution in [-0.2, 0) is 0 Å². The second kappa shape index (κ2) is 6.37. The Labute approximate surface area is 151 Å². The smallest absolute Gasteiger partial charge is 0.270 e. The number of pyridine rings is 1. The number of carbonyl (C=O) groups excluding carboxylic acids is 1. The van der Waals surface area contributed by atoms with Crippen LogP contribution in [0.15, 0.2) is 54.9 Å². The number of carbonyl (C=O) groups is 1. The van der Waals surface area contributed by atoms with Crippen molar-refractivity contribution in [1.29, 1.82) is 0 Å². The Morgan fingerprint density at radius 2 is 1.88 bits per heavy atom. The first kappa shape index (κ1) is 15.9. The summed E-state index contributed by atoms with van der Waals surface area (Å²) in [5.41, 5.74) is 4.85. The Balaban J connectivity index is 1.84. The highest BCUT2D eigenvalue weighted by molar-refractivity contribution is 6.30. The molecule has 1 aliphatic rings. The van der Waals surface area contributed by atoms with Crippen LogP contribution in [0.2, 0.25) is 5.02 Å². The molecule has 0 aliphatic carbocycles. The van der Waals surface area contributed by atoms with Crippen LogP contribution in [0.5, 0.6) is 0 Å². The highest BCUT2D eigenvalue weighted by Crippen LogP contribution is 2.36. The highest BCUT2D eigenvalue weighted by atomic mass is 35.5. The maximum absolute atomic E-state index is 12.8. The lowest BCUT2D eigenvalue weighted by Gasteiger charge is -2.16. The molecule has 4 rings (SSSR count). The number of nitrogens with zero attached hydrogens (tertiary/aromatic N) is 2. The van der Waals surface area contributed by atoms with Crippen LogP contribution >= 0.6 is 11.6 Å². The van der Waals surface area contributed by atoms with E-state index >= 15 is 0 Å². The SMILES string of the molecule is CN1CCC(c2ccc(Cl)cc2)c2cc(-c3ccncc3)[nH]c2C1=O. The second-order valence-corrected chi connectivity index (χ2v) is 6.81. The molecule has 25 heavy (non-hydrogen) atoms. The van der Waals surface area contributed by atoms with E-state index in [-0.39, 0.29) is 11.8 Å². The zero-order chi connectivity index (χ0) is 17.4. The molecule has 1 N–H and O–H groups in total. The second-order valence-electron chi connectivity index (χ2n) is 6.37. The molecule has 1 atom stereocenters. The molecule has 0 bridgehead atoms. The molecular weight excluding hydrogens is 334 g/mol. The van der Waals surface area contributed by atoms with Crippen molar-refractivity contribution in [1.82, 2.24) is 14.9 Å². The number of H-pyrrole nitrogens is 1. The number of aromatic amines is 1. The number of amides is 1. The lowest BCUT2D eigenvalue weighted by Crippen LogP contribution is -2.26. The van der Waals surface area contributed by atoms with Gasteiger partial charge in [-0.3, -0.25) is 9.78 Å². The molecule has 0 saturated carbocycles. The summed E-state index contributed by atoms with van der Waals surface area (Å²) in [6.07, 6.45) is 4.39. The van der Waals surface area contributed by atoms with Gasteiger partial charge in [0.2, 0.25) is 0 Å². The van der Waals surface area contributed by atoms with E-state index in [9.17, 15) is 4.79 Å². The zero-order valence-corrected chi connectivity index (χ0v) is 14.6. The molecule has 0 spiro atoms. The minimum atomic E-state index is 0.0340. The predicted molar refractivity (Wildman–Crippen MR) is 98.9 cm³/mol. The van der Waals surface area contributed by atoms with E-state index in [2.05, 4.69) is 16.0 Å². The van der Waals surface area contributed by atoms with Crippen molar-refractivity contribution < 1.29 is 4.79 Å². The summed E-state index contributed by atoms with van der Waals surface area (Å²) < 4.78 is 0. The predicted octanol–water partition coefficient (Wildman–Crippen LogP) is 4.34. The first-order valence-corrected chi connectivity index (χ1v) is 8.65. The molecule has 2 aromatic heterocycles. The third-order valence-electron chi connectivity index (χ3n) is 4.80. The minimum absolute atomic E-state index is 0.0340. The molecule has 3 aromatic rings. The summed E-state index contributed by atoms with van der Waals surface area (Å²) >= 11 is 6.04. The third kappa shape index (κ3) is 2.94. The Morgan fingerprint density at radius 3 is 2.60 bits per heavy atom. The fourth-order valence-electron chi connectivity index (χ4n) is 3.42. The summed E-state index contributed by atoms with van der Waals surface area (Å²) in [4.78, 5) is 22.0. The van der Waals surface area contributed by atoms with E-state index in [1.165, 1.54) is 5.56 Å². The highest BCUT2D eigenvalue weighted by Gasteiger charge is 2.29. The van der Waals surface area contributed by atoms with Crippen LogP contribution in [0, 0.1) is 0 Å². The van der Waals surface area contributed by atoms with Crippen LogP contribution in [0.25, 0.3) is 11.3 Å². The standard InChI is InChI=1S/C20H18ClN3O/c1-24-11-8-16(13-2-4-15(21)5-3-13)17-12-18(23-19(17)20(24)25)14-6-9-22-10-7-14/h2-7,9-10,12,16,23H,8,11H2,1H3. The monoisotopic (exact) mass is 351 g/mol. The molecule has 4 nitrogen and oxygen atoms in total. The Morgan fingerprint density at radius 1 is 1.16 bits per heavy atom. The molecule has 3 heterocycles. The summed E-state index contributed by atoms with van der Waals surface area (Å²) in [6, 6.07) is 13.9. The quantitative estimate of drug-likeness (QED) is 0.746. The number of hydrogen-bond donors (Lipinski definition) is 1. The summed E-state index contributed by atoms with van der Waals surface area (Å²) in [5, 5.41) is 0.720. The number of benzene rings is 1. The normalized spacial score (nSPS) is 17.3. The maximum Gasteiger partial charge on any atom is 0.270 e. The fourth-order valence-corrected chi connectivity index (χ4v) is 3.55. The van der Waals surface area contributed by atoms with Gasteiger partial charge in [0.1, 0.15) is 5.69 Å². The van der Waals surface area contributed by atoms with Gasteiger partial charge in [-0.1, -0.05) is 23.7 Å². The first-order valence-electron chi connectivity index (χ1n) is 8.27. The van der Waals surface area contributed by atoms with Gasteiger partial charge < -0.3 is 9.88 Å². The topological polar surface area (TPSA) is 49.0 Å². The van der Waals surface area contributed by atoms with E-state index in [1.54, 1.807) is 17.3 Å². The molecule has 0 fully saturated rings. The molecule has 0 saturated heterocycles. The van der Waals surface area contributed by atoms with E-state index in [4.69, 9.17) is 11.6 Å². The van der Waals surface area contributed by atoms with Gasteiger partial charge >= 0.3 is 0 Å².